The van der Waals surface area contributed by atoms with Gasteiger partial charge in [-0.05, 0) is 64.9 Å². The van der Waals surface area contributed by atoms with Crippen molar-refractivity contribution in [1.82, 2.24) is 0 Å². The van der Waals surface area contributed by atoms with E-state index >= 15 is 0 Å². The highest BCUT2D eigenvalue weighted by molar-refractivity contribution is 8.18. The number of amidine groups is 1. The van der Waals surface area contributed by atoms with Crippen molar-refractivity contribution in [2.75, 3.05) is 5.32 Å². The van der Waals surface area contributed by atoms with E-state index in [1.54, 1.807) is 30.3 Å². The molecule has 4 rings (SSSR count). The Morgan fingerprint density at radius 2 is 1.55 bits per heavy atom. The monoisotopic (exact) mass is 439 g/mol. The Morgan fingerprint density at radius 3 is 2.16 bits per heavy atom. The van der Waals surface area contributed by atoms with Crippen LogP contribution in [0.2, 0.25) is 0 Å². The molecule has 0 aliphatic carbocycles. The van der Waals surface area contributed by atoms with Crippen LogP contribution < -0.4 is 10.1 Å². The second kappa shape index (κ2) is 8.69. The van der Waals surface area contributed by atoms with E-state index in [1.165, 1.54) is 23.9 Å². The van der Waals surface area contributed by atoms with E-state index in [4.69, 9.17) is 0 Å². The SMILES string of the molecule is O=C1N=C(Nc2cc[c]cc2)SC1=Cc1ccc(-c2ccc(OC(F)(F)F)cc2)cc1. The number of thioether (sulfide) groups is 1. The highest BCUT2D eigenvalue weighted by Gasteiger charge is 2.31. The van der Waals surface area contributed by atoms with E-state index in [9.17, 15) is 18.0 Å². The molecule has 3 aromatic carbocycles. The second-order valence-corrected chi connectivity index (χ2v) is 7.47. The molecule has 4 nitrogen and oxygen atoms in total. The van der Waals surface area contributed by atoms with Gasteiger partial charge in [0.2, 0.25) is 0 Å². The molecule has 1 N–H and O–H groups in total. The molecule has 0 saturated heterocycles. The maximum Gasteiger partial charge on any atom is 0.573 e. The summed E-state index contributed by atoms with van der Waals surface area (Å²) in [7, 11) is 0. The lowest BCUT2D eigenvalue weighted by atomic mass is 10.0. The van der Waals surface area contributed by atoms with Crippen LogP contribution in [0.4, 0.5) is 18.9 Å². The van der Waals surface area contributed by atoms with Gasteiger partial charge in [0.15, 0.2) is 5.17 Å². The molecular formula is C23H14F3N2O2S. The van der Waals surface area contributed by atoms with Crippen molar-refractivity contribution in [2.45, 2.75) is 6.36 Å². The van der Waals surface area contributed by atoms with Crippen LogP contribution in [0.1, 0.15) is 5.56 Å². The molecule has 1 amide bonds. The van der Waals surface area contributed by atoms with Gasteiger partial charge in [-0.3, -0.25) is 4.79 Å². The smallest absolute Gasteiger partial charge is 0.406 e. The maximum atomic E-state index is 12.3. The Balaban J connectivity index is 1.43. The van der Waals surface area contributed by atoms with Gasteiger partial charge in [0.1, 0.15) is 5.75 Å². The number of benzene rings is 3. The molecule has 0 unspecified atom stereocenters. The Labute approximate surface area is 180 Å². The fourth-order valence-corrected chi connectivity index (χ4v) is 3.66. The molecule has 3 aromatic rings. The number of rotatable bonds is 4. The van der Waals surface area contributed by atoms with Gasteiger partial charge in [-0.15, -0.1) is 13.2 Å². The summed E-state index contributed by atoms with van der Waals surface area (Å²) in [6.07, 6.45) is -2.97. The third-order valence-electron chi connectivity index (χ3n) is 4.22. The molecule has 1 aliphatic heterocycles. The predicted octanol–water partition coefficient (Wildman–Crippen LogP) is 6.13. The number of hydrogen-bond donors (Lipinski definition) is 1. The van der Waals surface area contributed by atoms with Crippen molar-refractivity contribution in [3.8, 4) is 16.9 Å². The molecule has 31 heavy (non-hydrogen) atoms. The Morgan fingerprint density at radius 1 is 0.935 bits per heavy atom. The first-order valence-corrected chi connectivity index (χ1v) is 9.89. The van der Waals surface area contributed by atoms with Gasteiger partial charge in [0, 0.05) is 5.69 Å². The first kappa shape index (κ1) is 20.7. The molecule has 1 heterocycles. The van der Waals surface area contributed by atoms with Crippen LogP contribution in [0.5, 0.6) is 5.75 Å². The van der Waals surface area contributed by atoms with Gasteiger partial charge in [0.25, 0.3) is 5.91 Å². The van der Waals surface area contributed by atoms with Gasteiger partial charge in [0.05, 0.1) is 4.91 Å². The first-order chi connectivity index (χ1) is 14.9. The zero-order chi connectivity index (χ0) is 21.8. The quantitative estimate of drug-likeness (QED) is 0.497. The van der Waals surface area contributed by atoms with Gasteiger partial charge < -0.3 is 10.1 Å². The van der Waals surface area contributed by atoms with E-state index in [2.05, 4.69) is 21.1 Å². The molecule has 0 aromatic heterocycles. The van der Waals surface area contributed by atoms with Crippen molar-refractivity contribution in [2.24, 2.45) is 4.99 Å². The summed E-state index contributed by atoms with van der Waals surface area (Å²) >= 11 is 1.25. The number of aliphatic imine (C=N–C) groups is 1. The second-order valence-electron chi connectivity index (χ2n) is 6.44. The molecule has 0 fully saturated rings. The number of amides is 1. The van der Waals surface area contributed by atoms with Crippen molar-refractivity contribution in [1.29, 1.82) is 0 Å². The third kappa shape index (κ3) is 5.55. The minimum Gasteiger partial charge on any atom is -0.406 e. The van der Waals surface area contributed by atoms with Crippen molar-refractivity contribution in [3.05, 3.63) is 89.3 Å². The highest BCUT2D eigenvalue weighted by Crippen LogP contribution is 2.30. The summed E-state index contributed by atoms with van der Waals surface area (Å²) in [6, 6.07) is 23.1. The van der Waals surface area contributed by atoms with Crippen molar-refractivity contribution >= 4 is 34.6 Å². The fraction of sp³-hybridized carbons (Fsp3) is 0.0435. The molecule has 0 spiro atoms. The lowest BCUT2D eigenvalue weighted by Gasteiger charge is -2.09. The van der Waals surface area contributed by atoms with Crippen LogP contribution in [-0.2, 0) is 4.79 Å². The zero-order valence-electron chi connectivity index (χ0n) is 15.8. The third-order valence-corrected chi connectivity index (χ3v) is 5.12. The average Bonchev–Trinajstić information content (AvgIpc) is 3.07. The van der Waals surface area contributed by atoms with E-state index in [-0.39, 0.29) is 11.7 Å². The van der Waals surface area contributed by atoms with Crippen LogP contribution in [0.25, 0.3) is 17.2 Å². The minimum absolute atomic E-state index is 0.271. The van der Waals surface area contributed by atoms with Gasteiger partial charge in [-0.2, -0.15) is 4.99 Å². The normalized spacial score (nSPS) is 15.1. The van der Waals surface area contributed by atoms with Gasteiger partial charge in [-0.25, -0.2) is 0 Å². The topological polar surface area (TPSA) is 50.7 Å². The number of carbonyl (C=O) groups excluding carboxylic acids is 1. The van der Waals surface area contributed by atoms with E-state index in [0.717, 1.165) is 22.4 Å². The van der Waals surface area contributed by atoms with E-state index < -0.39 is 6.36 Å². The lowest BCUT2D eigenvalue weighted by molar-refractivity contribution is -0.274. The maximum absolute atomic E-state index is 12.3. The largest absolute Gasteiger partial charge is 0.573 e. The number of hydrogen-bond acceptors (Lipinski definition) is 4. The van der Waals surface area contributed by atoms with Crippen molar-refractivity contribution < 1.29 is 22.7 Å². The molecule has 1 radical (unpaired) electrons. The van der Waals surface area contributed by atoms with Gasteiger partial charge >= 0.3 is 6.36 Å². The number of ether oxygens (including phenoxy) is 1. The molecule has 8 heteroatoms. The van der Waals surface area contributed by atoms with Crippen LogP contribution in [0, 0.1) is 6.07 Å². The number of carbonyl (C=O) groups is 1. The summed E-state index contributed by atoms with van der Waals surface area (Å²) in [5.74, 6) is -0.591. The molecule has 0 atom stereocenters. The average molecular weight is 439 g/mol. The van der Waals surface area contributed by atoms with Crippen LogP contribution in [0.3, 0.4) is 0 Å². The fourth-order valence-electron chi connectivity index (χ4n) is 2.83. The number of nitrogens with zero attached hydrogens (tertiary/aromatic N) is 1. The van der Waals surface area contributed by atoms with Crippen LogP contribution in [0.15, 0.2) is 82.7 Å². The molecule has 0 bridgehead atoms. The Bertz CT molecular complexity index is 1140. The summed E-state index contributed by atoms with van der Waals surface area (Å²) in [5.41, 5.74) is 3.19. The first-order valence-electron chi connectivity index (χ1n) is 9.08. The molecule has 1 aliphatic rings. The number of halogens is 3. The summed E-state index contributed by atoms with van der Waals surface area (Å²) in [6.45, 7) is 0. The van der Waals surface area contributed by atoms with Crippen LogP contribution >= 0.6 is 11.8 Å². The number of alkyl halides is 3. The summed E-state index contributed by atoms with van der Waals surface area (Å²) in [4.78, 5) is 16.7. The highest BCUT2D eigenvalue weighted by atomic mass is 32.2. The Hall–Kier alpha value is -3.52. The molecule has 155 valence electrons. The van der Waals surface area contributed by atoms with E-state index in [1.807, 2.05) is 36.4 Å². The standard InChI is InChI=1S/C23H14F3N2O2S/c24-23(25,26)30-19-12-10-17(11-13-19)16-8-6-15(7-9-16)14-20-21(29)28-22(31-20)27-18-4-2-1-3-5-18/h2-14H,(H,27,28,29). The van der Waals surface area contributed by atoms with Crippen molar-refractivity contribution in [3.63, 3.8) is 0 Å². The van der Waals surface area contributed by atoms with E-state index in [0.29, 0.717) is 10.1 Å². The number of nitrogens with one attached hydrogen (secondary N) is 1. The lowest BCUT2D eigenvalue weighted by Crippen LogP contribution is -2.16. The summed E-state index contributed by atoms with van der Waals surface area (Å²) in [5, 5.41) is 3.59. The zero-order valence-corrected chi connectivity index (χ0v) is 16.6. The minimum atomic E-state index is -4.72. The molecule has 0 saturated carbocycles. The Kier molecular flexibility index (Phi) is 5.81. The molecular weight excluding hydrogens is 425 g/mol. The summed E-state index contributed by atoms with van der Waals surface area (Å²) < 4.78 is 40.7. The number of anilines is 1. The van der Waals surface area contributed by atoms with Gasteiger partial charge in [-0.1, -0.05) is 48.5 Å². The van der Waals surface area contributed by atoms with Crippen LogP contribution in [-0.4, -0.2) is 17.4 Å². The predicted molar refractivity (Wildman–Crippen MR) is 115 cm³/mol.